The number of carbonyl (C=O) groups excluding carboxylic acids is 1. The molecule has 0 unspecified atom stereocenters. The van der Waals surface area contributed by atoms with Crippen LogP contribution in [0, 0.1) is 0 Å². The molecule has 5 heteroatoms. The summed E-state index contributed by atoms with van der Waals surface area (Å²) in [6.45, 7) is 0. The first-order valence-electron chi connectivity index (χ1n) is 5.50. The lowest BCUT2D eigenvalue weighted by Crippen LogP contribution is -2.28. The molecule has 0 saturated heterocycles. The van der Waals surface area contributed by atoms with Crippen molar-refractivity contribution in [1.29, 1.82) is 0 Å². The van der Waals surface area contributed by atoms with Crippen LogP contribution in [0.1, 0.15) is 0 Å². The molecule has 1 heterocycles. The molecule has 0 atom stereocenters. The van der Waals surface area contributed by atoms with E-state index in [1.54, 1.807) is 20.3 Å². The monoisotopic (exact) mass is 244 g/mol. The largest absolute Gasteiger partial charge is 0.341 e. The Kier molecular flexibility index (Phi) is 5.89. The predicted molar refractivity (Wildman–Crippen MR) is 71.0 cm³/mol. The van der Waals surface area contributed by atoms with Gasteiger partial charge in [-0.3, -0.25) is 0 Å². The lowest BCUT2D eigenvalue weighted by molar-refractivity contribution is 0.245. The van der Waals surface area contributed by atoms with Gasteiger partial charge in [-0.1, -0.05) is 30.3 Å². The van der Waals surface area contributed by atoms with Crippen LogP contribution in [0.25, 0.3) is 11.3 Å². The molecule has 1 aromatic heterocycles. The molecule has 94 valence electrons. The highest BCUT2D eigenvalue weighted by molar-refractivity contribution is 5.72. The first-order chi connectivity index (χ1) is 8.77. The average molecular weight is 244 g/mol. The normalized spacial score (nSPS) is 8.78. The summed E-state index contributed by atoms with van der Waals surface area (Å²) >= 11 is 0. The third-order valence-corrected chi connectivity index (χ3v) is 2.10. The maximum Gasteiger partial charge on any atom is 0.314 e. The van der Waals surface area contributed by atoms with E-state index in [2.05, 4.69) is 20.8 Å². The number of urea groups is 1. The van der Waals surface area contributed by atoms with Crippen molar-refractivity contribution in [3.05, 3.63) is 48.7 Å². The highest BCUT2D eigenvalue weighted by atomic mass is 16.2. The standard InChI is InChI=1S/C10H8N2.C3H8N2O/c1-2-5-9(6-3-1)10-7-4-8-11-12-10;1-4-3(6)5-2/h1-8H;1-2H3,(H2,4,5,6). The zero-order valence-corrected chi connectivity index (χ0v) is 10.4. The van der Waals surface area contributed by atoms with E-state index in [1.165, 1.54) is 0 Å². The van der Waals surface area contributed by atoms with E-state index in [4.69, 9.17) is 0 Å². The quantitative estimate of drug-likeness (QED) is 0.802. The van der Waals surface area contributed by atoms with Gasteiger partial charge >= 0.3 is 6.03 Å². The van der Waals surface area contributed by atoms with Gasteiger partial charge < -0.3 is 10.6 Å². The zero-order chi connectivity index (χ0) is 13.2. The molecule has 2 rings (SSSR count). The predicted octanol–water partition coefficient (Wildman–Crippen LogP) is 1.69. The molecular weight excluding hydrogens is 228 g/mol. The summed E-state index contributed by atoms with van der Waals surface area (Å²) in [5, 5.41) is 12.5. The molecule has 18 heavy (non-hydrogen) atoms. The van der Waals surface area contributed by atoms with Crippen LogP contribution in [-0.2, 0) is 0 Å². The molecule has 0 fully saturated rings. The summed E-state index contributed by atoms with van der Waals surface area (Å²) in [6.07, 6.45) is 1.67. The van der Waals surface area contributed by atoms with Crippen molar-refractivity contribution in [2.45, 2.75) is 0 Å². The van der Waals surface area contributed by atoms with Crippen molar-refractivity contribution in [3.8, 4) is 11.3 Å². The molecule has 2 amide bonds. The Bertz CT molecular complexity index is 415. The van der Waals surface area contributed by atoms with E-state index < -0.39 is 0 Å². The summed E-state index contributed by atoms with van der Waals surface area (Å²) in [6, 6.07) is 13.7. The van der Waals surface area contributed by atoms with Crippen LogP contribution < -0.4 is 10.6 Å². The lowest BCUT2D eigenvalue weighted by Gasteiger charge is -1.96. The average Bonchev–Trinajstić information content (AvgIpc) is 2.49. The molecule has 0 spiro atoms. The molecular formula is C13H16N4O. The summed E-state index contributed by atoms with van der Waals surface area (Å²) in [7, 11) is 3.14. The van der Waals surface area contributed by atoms with E-state index >= 15 is 0 Å². The Morgan fingerprint density at radius 1 is 1.00 bits per heavy atom. The molecule has 0 aliphatic heterocycles. The fraction of sp³-hybridized carbons (Fsp3) is 0.154. The second-order valence-corrected chi connectivity index (χ2v) is 3.30. The zero-order valence-electron chi connectivity index (χ0n) is 10.4. The number of amides is 2. The van der Waals surface area contributed by atoms with Crippen LogP contribution in [0.4, 0.5) is 4.79 Å². The van der Waals surface area contributed by atoms with Crippen molar-refractivity contribution in [2.24, 2.45) is 0 Å². The minimum Gasteiger partial charge on any atom is -0.341 e. The van der Waals surface area contributed by atoms with Crippen LogP contribution in [0.2, 0.25) is 0 Å². The van der Waals surface area contributed by atoms with Crippen molar-refractivity contribution in [1.82, 2.24) is 20.8 Å². The number of hydrogen-bond donors (Lipinski definition) is 2. The molecule has 0 aliphatic carbocycles. The minimum absolute atomic E-state index is 0.157. The van der Waals surface area contributed by atoms with Crippen LogP contribution >= 0.6 is 0 Å². The van der Waals surface area contributed by atoms with Crippen molar-refractivity contribution >= 4 is 6.03 Å². The number of aromatic nitrogens is 2. The number of nitrogens with one attached hydrogen (secondary N) is 2. The Morgan fingerprint density at radius 3 is 2.11 bits per heavy atom. The molecule has 0 aliphatic rings. The Morgan fingerprint density at radius 2 is 1.67 bits per heavy atom. The third kappa shape index (κ3) is 4.61. The van der Waals surface area contributed by atoms with Crippen LogP contribution in [-0.4, -0.2) is 30.3 Å². The summed E-state index contributed by atoms with van der Waals surface area (Å²) in [5.74, 6) is 0. The van der Waals surface area contributed by atoms with Gasteiger partial charge in [0, 0.05) is 25.9 Å². The van der Waals surface area contributed by atoms with Gasteiger partial charge in [0.25, 0.3) is 0 Å². The van der Waals surface area contributed by atoms with Crippen molar-refractivity contribution in [3.63, 3.8) is 0 Å². The Balaban J connectivity index is 0.000000232. The van der Waals surface area contributed by atoms with Gasteiger partial charge in [0.1, 0.15) is 0 Å². The summed E-state index contributed by atoms with van der Waals surface area (Å²) in [4.78, 5) is 9.96. The Hall–Kier alpha value is -2.43. The molecule has 2 aromatic rings. The fourth-order valence-electron chi connectivity index (χ4n) is 1.19. The van der Waals surface area contributed by atoms with Crippen LogP contribution in [0.5, 0.6) is 0 Å². The minimum atomic E-state index is -0.157. The van der Waals surface area contributed by atoms with Crippen molar-refractivity contribution < 1.29 is 4.79 Å². The van der Waals surface area contributed by atoms with Gasteiger partial charge in [-0.15, -0.1) is 0 Å². The van der Waals surface area contributed by atoms with E-state index in [9.17, 15) is 4.79 Å². The van der Waals surface area contributed by atoms with E-state index in [1.807, 2.05) is 42.5 Å². The second-order valence-electron chi connectivity index (χ2n) is 3.30. The van der Waals surface area contributed by atoms with E-state index in [0.717, 1.165) is 11.3 Å². The summed E-state index contributed by atoms with van der Waals surface area (Å²) < 4.78 is 0. The van der Waals surface area contributed by atoms with Gasteiger partial charge in [0.15, 0.2) is 0 Å². The van der Waals surface area contributed by atoms with E-state index in [-0.39, 0.29) is 6.03 Å². The van der Waals surface area contributed by atoms with Crippen LogP contribution in [0.3, 0.4) is 0 Å². The molecule has 1 aromatic carbocycles. The maximum absolute atomic E-state index is 9.96. The van der Waals surface area contributed by atoms with Gasteiger partial charge in [-0.25, -0.2) is 4.79 Å². The molecule has 0 radical (unpaired) electrons. The van der Waals surface area contributed by atoms with Crippen LogP contribution in [0.15, 0.2) is 48.7 Å². The number of benzene rings is 1. The molecule has 5 nitrogen and oxygen atoms in total. The van der Waals surface area contributed by atoms with Gasteiger partial charge in [-0.2, -0.15) is 10.2 Å². The number of rotatable bonds is 1. The van der Waals surface area contributed by atoms with Gasteiger partial charge in [0.05, 0.1) is 5.69 Å². The second kappa shape index (κ2) is 7.78. The number of nitrogens with zero attached hydrogens (tertiary/aromatic N) is 2. The maximum atomic E-state index is 9.96. The number of hydrogen-bond acceptors (Lipinski definition) is 3. The smallest absolute Gasteiger partial charge is 0.314 e. The van der Waals surface area contributed by atoms with E-state index in [0.29, 0.717) is 0 Å². The molecule has 2 N–H and O–H groups in total. The first kappa shape index (κ1) is 13.6. The third-order valence-electron chi connectivity index (χ3n) is 2.10. The highest BCUT2D eigenvalue weighted by Crippen LogP contribution is 2.13. The SMILES string of the molecule is CNC(=O)NC.c1ccc(-c2cccnn2)cc1. The van der Waals surface area contributed by atoms with Crippen molar-refractivity contribution in [2.75, 3.05) is 14.1 Å². The lowest BCUT2D eigenvalue weighted by atomic mass is 10.1. The molecule has 0 saturated carbocycles. The number of carbonyl (C=O) groups is 1. The topological polar surface area (TPSA) is 66.9 Å². The van der Waals surface area contributed by atoms with Gasteiger partial charge in [0.2, 0.25) is 0 Å². The van der Waals surface area contributed by atoms with Gasteiger partial charge in [-0.05, 0) is 12.1 Å². The Labute approximate surface area is 106 Å². The first-order valence-corrected chi connectivity index (χ1v) is 5.50. The summed E-state index contributed by atoms with van der Waals surface area (Å²) in [5.41, 5.74) is 2.02. The molecule has 0 bridgehead atoms. The highest BCUT2D eigenvalue weighted by Gasteiger charge is 1.94. The fourth-order valence-corrected chi connectivity index (χ4v) is 1.19.